The Morgan fingerprint density at radius 1 is 1.19 bits per heavy atom. The van der Waals surface area contributed by atoms with E-state index in [-0.39, 0.29) is 5.91 Å². The van der Waals surface area contributed by atoms with Gasteiger partial charge in [0.1, 0.15) is 11.5 Å². The number of carbonyl (C=O) groups excluding carboxylic acids is 1. The van der Waals surface area contributed by atoms with Gasteiger partial charge in [0.2, 0.25) is 0 Å². The molecule has 0 saturated heterocycles. The summed E-state index contributed by atoms with van der Waals surface area (Å²) < 4.78 is 6.01. The van der Waals surface area contributed by atoms with Crippen LogP contribution in [0.1, 0.15) is 11.1 Å². The molecular formula is C17H12ClNO2. The molecule has 0 N–H and O–H groups in total. The number of likely N-dealkylation sites (N-methyl/N-ethyl adjacent to an activating group) is 1. The summed E-state index contributed by atoms with van der Waals surface area (Å²) in [4.78, 5) is 14.3. The molecule has 0 atom stereocenters. The number of fused-ring (bicyclic) bond motifs is 4. The predicted molar refractivity (Wildman–Crippen MR) is 82.4 cm³/mol. The molecule has 2 aromatic carbocycles. The van der Waals surface area contributed by atoms with Gasteiger partial charge in [-0.2, -0.15) is 0 Å². The van der Waals surface area contributed by atoms with Crippen molar-refractivity contribution in [1.29, 1.82) is 0 Å². The molecule has 0 aromatic heterocycles. The second-order valence-corrected chi connectivity index (χ2v) is 5.69. The Morgan fingerprint density at radius 3 is 2.86 bits per heavy atom. The maximum atomic E-state index is 12.5. The Labute approximate surface area is 127 Å². The van der Waals surface area contributed by atoms with Crippen LogP contribution in [0.25, 0.3) is 11.1 Å². The fourth-order valence-electron chi connectivity index (χ4n) is 2.92. The highest BCUT2D eigenvalue weighted by molar-refractivity contribution is 6.33. The summed E-state index contributed by atoms with van der Waals surface area (Å²) in [6.07, 6.45) is 0. The second-order valence-electron chi connectivity index (χ2n) is 5.25. The zero-order valence-corrected chi connectivity index (χ0v) is 12.1. The van der Waals surface area contributed by atoms with E-state index in [1.54, 1.807) is 17.0 Å². The number of halogens is 1. The Bertz CT molecular complexity index is 810. The molecule has 2 aliphatic heterocycles. The van der Waals surface area contributed by atoms with Crippen LogP contribution >= 0.6 is 11.6 Å². The van der Waals surface area contributed by atoms with E-state index in [1.165, 1.54) is 0 Å². The van der Waals surface area contributed by atoms with Crippen molar-refractivity contribution >= 4 is 28.7 Å². The van der Waals surface area contributed by atoms with Crippen LogP contribution in [-0.4, -0.2) is 24.4 Å². The van der Waals surface area contributed by atoms with Gasteiger partial charge in [-0.05, 0) is 29.8 Å². The van der Waals surface area contributed by atoms with Crippen LogP contribution in [0.4, 0.5) is 0 Å². The average molecular weight is 300 g/mol. The zero-order valence-electron chi connectivity index (χ0n) is 11.4. The number of benzene rings is 2. The summed E-state index contributed by atoms with van der Waals surface area (Å²) in [6.45, 7) is 0.584. The molecule has 3 nitrogen and oxygen atoms in total. The maximum absolute atomic E-state index is 12.5. The monoisotopic (exact) mass is 299 g/mol. The Hall–Kier alpha value is -2.26. The van der Waals surface area contributed by atoms with Crippen molar-refractivity contribution in [3.8, 4) is 11.5 Å². The molecular weight excluding hydrogens is 288 g/mol. The standard InChI is InChI=1S/C17H12ClNO2/c1-19-9-13-11-4-2-3-5-14(11)21-15-7-6-10(18)8-12(15)16(13)17(19)20/h2-8H,9H2,1H3/i13+2. The molecule has 4 heteroatoms. The van der Waals surface area contributed by atoms with Crippen LogP contribution in [0.15, 0.2) is 42.5 Å². The van der Waals surface area contributed by atoms with E-state index < -0.39 is 0 Å². The largest absolute Gasteiger partial charge is 0.456 e. The highest BCUT2D eigenvalue weighted by Gasteiger charge is 2.34. The first-order valence-corrected chi connectivity index (χ1v) is 7.09. The van der Waals surface area contributed by atoms with E-state index in [1.807, 2.05) is 37.4 Å². The summed E-state index contributed by atoms with van der Waals surface area (Å²) in [5.41, 5.74) is 3.43. The number of amides is 1. The summed E-state index contributed by atoms with van der Waals surface area (Å²) in [7, 11) is 1.81. The number of hydrogen-bond donors (Lipinski definition) is 0. The normalized spacial score (nSPS) is 16.1. The van der Waals surface area contributed by atoms with Crippen LogP contribution in [0, 0.1) is 0 Å². The lowest BCUT2D eigenvalue weighted by molar-refractivity contribution is -0.122. The van der Waals surface area contributed by atoms with Crippen molar-refractivity contribution in [3.63, 3.8) is 0 Å². The second kappa shape index (κ2) is 4.37. The van der Waals surface area contributed by atoms with Gasteiger partial charge in [0, 0.05) is 29.7 Å². The van der Waals surface area contributed by atoms with Crippen LogP contribution in [0.2, 0.25) is 5.02 Å². The van der Waals surface area contributed by atoms with E-state index in [4.69, 9.17) is 16.3 Å². The number of rotatable bonds is 0. The lowest BCUT2D eigenvalue weighted by atomic mass is 10.1. The lowest BCUT2D eigenvalue weighted by Gasteiger charge is -2.14. The molecule has 0 aliphatic carbocycles. The third-order valence-electron chi connectivity index (χ3n) is 3.90. The molecule has 0 unspecified atom stereocenters. The molecule has 2 aromatic rings. The summed E-state index contributed by atoms with van der Waals surface area (Å²) in [5, 5.41) is 0.595. The topological polar surface area (TPSA) is 29.5 Å². The van der Waals surface area contributed by atoms with Gasteiger partial charge in [0.25, 0.3) is 5.91 Å². The molecule has 2 aliphatic rings. The van der Waals surface area contributed by atoms with Crippen molar-refractivity contribution in [2.24, 2.45) is 0 Å². The highest BCUT2D eigenvalue weighted by Crippen LogP contribution is 2.46. The lowest BCUT2D eigenvalue weighted by Crippen LogP contribution is -2.21. The fraction of sp³-hybridized carbons (Fsp3) is 0.118. The highest BCUT2D eigenvalue weighted by atomic mass is 35.5. The van der Waals surface area contributed by atoms with Crippen LogP contribution in [0.3, 0.4) is 0 Å². The molecule has 0 radical (unpaired) electrons. The van der Waals surface area contributed by atoms with Crippen molar-refractivity contribution in [2.45, 2.75) is 0 Å². The van der Waals surface area contributed by atoms with E-state index in [0.29, 0.717) is 22.9 Å². The smallest absolute Gasteiger partial charge is 0.255 e. The quantitative estimate of drug-likeness (QED) is 0.740. The van der Waals surface area contributed by atoms with Gasteiger partial charge in [-0.1, -0.05) is 29.8 Å². The number of carbonyl (C=O) groups is 1. The van der Waals surface area contributed by atoms with E-state index in [9.17, 15) is 4.79 Å². The van der Waals surface area contributed by atoms with E-state index in [2.05, 4.69) is 0 Å². The SMILES string of the molecule is CN1C[14C]2=C(C1=O)c1cc(Cl)ccc1Oc1ccccc12. The van der Waals surface area contributed by atoms with Crippen LogP contribution < -0.4 is 4.74 Å². The molecule has 4 rings (SSSR count). The van der Waals surface area contributed by atoms with Gasteiger partial charge in [-0.3, -0.25) is 4.79 Å². The molecule has 0 fully saturated rings. The van der Waals surface area contributed by atoms with E-state index in [0.717, 1.165) is 22.4 Å². The Morgan fingerprint density at radius 2 is 2.00 bits per heavy atom. The zero-order chi connectivity index (χ0) is 14.6. The average Bonchev–Trinajstić information content (AvgIpc) is 2.70. The van der Waals surface area contributed by atoms with E-state index >= 15 is 0 Å². The summed E-state index contributed by atoms with van der Waals surface area (Å²) >= 11 is 6.11. The third kappa shape index (κ3) is 1.78. The molecule has 0 spiro atoms. The minimum atomic E-state index is 0.00817. The molecule has 104 valence electrons. The molecule has 0 bridgehead atoms. The summed E-state index contributed by atoms with van der Waals surface area (Å²) in [6, 6.07) is 13.2. The number of hydrogen-bond acceptors (Lipinski definition) is 2. The summed E-state index contributed by atoms with van der Waals surface area (Å²) in [5.74, 6) is 1.45. The first-order valence-electron chi connectivity index (χ1n) is 6.71. The van der Waals surface area contributed by atoms with Gasteiger partial charge < -0.3 is 9.64 Å². The Kier molecular flexibility index (Phi) is 2.59. The molecule has 0 saturated carbocycles. The minimum absolute atomic E-state index is 0.00817. The first-order chi connectivity index (χ1) is 10.1. The van der Waals surface area contributed by atoms with Crippen molar-refractivity contribution in [3.05, 3.63) is 58.6 Å². The van der Waals surface area contributed by atoms with Gasteiger partial charge in [-0.25, -0.2) is 0 Å². The van der Waals surface area contributed by atoms with Gasteiger partial charge >= 0.3 is 0 Å². The van der Waals surface area contributed by atoms with Crippen molar-refractivity contribution in [2.75, 3.05) is 13.6 Å². The van der Waals surface area contributed by atoms with Crippen LogP contribution in [0.5, 0.6) is 11.5 Å². The predicted octanol–water partition coefficient (Wildman–Crippen LogP) is 3.83. The third-order valence-corrected chi connectivity index (χ3v) is 4.14. The van der Waals surface area contributed by atoms with Crippen LogP contribution in [-0.2, 0) is 4.79 Å². The van der Waals surface area contributed by atoms with Gasteiger partial charge in [0.15, 0.2) is 0 Å². The number of para-hydroxylation sites is 1. The van der Waals surface area contributed by atoms with Gasteiger partial charge in [-0.15, -0.1) is 0 Å². The molecule has 1 amide bonds. The number of nitrogens with zero attached hydrogens (tertiary/aromatic N) is 1. The fourth-order valence-corrected chi connectivity index (χ4v) is 3.09. The maximum Gasteiger partial charge on any atom is 0.255 e. The van der Waals surface area contributed by atoms with Gasteiger partial charge in [0.05, 0.1) is 5.57 Å². The number of ether oxygens (including phenoxy) is 1. The van der Waals surface area contributed by atoms with Crippen molar-refractivity contribution < 1.29 is 9.53 Å². The molecule has 21 heavy (non-hydrogen) atoms. The first kappa shape index (κ1) is 12.5. The Balaban J connectivity index is 2.07. The molecule has 2 heterocycles. The van der Waals surface area contributed by atoms with Crippen molar-refractivity contribution in [1.82, 2.24) is 4.90 Å². The minimum Gasteiger partial charge on any atom is -0.456 e.